The molecule has 106 valence electrons. The highest BCUT2D eigenvalue weighted by atomic mass is 35.5. The second-order valence-corrected chi connectivity index (χ2v) is 5.70. The Morgan fingerprint density at radius 1 is 1.47 bits per heavy atom. The molecule has 3 nitrogen and oxygen atoms in total. The zero-order chi connectivity index (χ0) is 13.8. The van der Waals surface area contributed by atoms with Crippen LogP contribution in [-0.4, -0.2) is 30.2 Å². The number of ether oxygens (including phenoxy) is 1. The molecule has 0 aliphatic carbocycles. The fourth-order valence-corrected chi connectivity index (χ4v) is 3.00. The van der Waals surface area contributed by atoms with Crippen molar-refractivity contribution in [3.05, 3.63) is 22.7 Å². The van der Waals surface area contributed by atoms with Gasteiger partial charge in [-0.3, -0.25) is 4.90 Å². The summed E-state index contributed by atoms with van der Waals surface area (Å²) in [5, 5.41) is 10.8. The third-order valence-corrected chi connectivity index (χ3v) is 4.13. The number of piperidine rings is 1. The van der Waals surface area contributed by atoms with Crippen molar-refractivity contribution in [3.8, 4) is 11.5 Å². The zero-order valence-corrected chi connectivity index (χ0v) is 12.4. The normalized spacial score (nSPS) is 20.5. The van der Waals surface area contributed by atoms with Crippen molar-refractivity contribution in [2.75, 3.05) is 20.2 Å². The molecule has 1 fully saturated rings. The third-order valence-electron chi connectivity index (χ3n) is 3.91. The summed E-state index contributed by atoms with van der Waals surface area (Å²) < 4.78 is 5.14. The molecule has 0 aromatic heterocycles. The van der Waals surface area contributed by atoms with Crippen LogP contribution in [0.15, 0.2) is 12.1 Å². The van der Waals surface area contributed by atoms with Crippen LogP contribution in [0.3, 0.4) is 0 Å². The number of aromatic hydroxyl groups is 1. The van der Waals surface area contributed by atoms with E-state index < -0.39 is 0 Å². The number of benzene rings is 1. The Kier molecular flexibility index (Phi) is 4.94. The Morgan fingerprint density at radius 3 is 2.95 bits per heavy atom. The molecule has 1 unspecified atom stereocenters. The second-order valence-electron chi connectivity index (χ2n) is 5.27. The van der Waals surface area contributed by atoms with Gasteiger partial charge in [0.15, 0.2) is 11.5 Å². The summed E-state index contributed by atoms with van der Waals surface area (Å²) in [6.45, 7) is 5.17. The molecule has 1 aromatic carbocycles. The third kappa shape index (κ3) is 3.54. The molecule has 1 heterocycles. The van der Waals surface area contributed by atoms with Gasteiger partial charge in [-0.05, 0) is 31.4 Å². The lowest BCUT2D eigenvalue weighted by molar-refractivity contribution is 0.163. The van der Waals surface area contributed by atoms with Gasteiger partial charge in [-0.2, -0.15) is 0 Å². The molecule has 0 saturated carbocycles. The van der Waals surface area contributed by atoms with Crippen molar-refractivity contribution in [3.63, 3.8) is 0 Å². The Hall–Kier alpha value is -0.930. The number of likely N-dealkylation sites (tertiary alicyclic amines) is 1. The number of halogens is 1. The van der Waals surface area contributed by atoms with E-state index in [0.29, 0.717) is 10.8 Å². The Balaban J connectivity index is 2.12. The Labute approximate surface area is 120 Å². The summed E-state index contributed by atoms with van der Waals surface area (Å²) in [7, 11) is 1.54. The fraction of sp³-hybridized carbons (Fsp3) is 0.600. The first-order valence-corrected chi connectivity index (χ1v) is 7.29. The van der Waals surface area contributed by atoms with Crippen LogP contribution in [-0.2, 0) is 6.54 Å². The molecule has 0 amide bonds. The molecule has 4 heteroatoms. The molecule has 0 bridgehead atoms. The zero-order valence-electron chi connectivity index (χ0n) is 11.7. The fourth-order valence-electron chi connectivity index (χ4n) is 2.77. The predicted octanol–water partition coefficient (Wildman–Crippen LogP) is 3.68. The topological polar surface area (TPSA) is 32.7 Å². The average Bonchev–Trinajstić information content (AvgIpc) is 2.42. The van der Waals surface area contributed by atoms with E-state index in [0.717, 1.165) is 31.1 Å². The van der Waals surface area contributed by atoms with Gasteiger partial charge in [-0.15, -0.1) is 0 Å². The minimum absolute atomic E-state index is 0.213. The minimum Gasteiger partial charge on any atom is -0.504 e. The molecular weight excluding hydrogens is 262 g/mol. The summed E-state index contributed by atoms with van der Waals surface area (Å²) in [5.41, 5.74) is 0.848. The molecule has 0 radical (unpaired) electrons. The van der Waals surface area contributed by atoms with E-state index in [1.165, 1.54) is 19.3 Å². The van der Waals surface area contributed by atoms with Crippen molar-refractivity contribution in [2.45, 2.75) is 32.7 Å². The first-order valence-electron chi connectivity index (χ1n) is 6.91. The minimum atomic E-state index is 0.213. The average molecular weight is 284 g/mol. The van der Waals surface area contributed by atoms with Gasteiger partial charge in [0.25, 0.3) is 0 Å². The van der Waals surface area contributed by atoms with Crippen molar-refractivity contribution >= 4 is 11.6 Å². The SMILES string of the molecule is CCC1CCCN(Cc2cc(Cl)cc(OC)c2O)C1. The molecule has 1 aliphatic heterocycles. The maximum atomic E-state index is 10.2. The van der Waals surface area contributed by atoms with Crippen LogP contribution < -0.4 is 4.74 Å². The van der Waals surface area contributed by atoms with Crippen molar-refractivity contribution < 1.29 is 9.84 Å². The van der Waals surface area contributed by atoms with E-state index in [-0.39, 0.29) is 5.75 Å². The summed E-state index contributed by atoms with van der Waals surface area (Å²) in [4.78, 5) is 2.39. The molecule has 1 N–H and O–H groups in total. The standard InChI is InChI=1S/C15H22ClNO2/c1-3-11-5-4-6-17(9-11)10-12-7-13(16)8-14(19-2)15(12)18/h7-8,11,18H,3-6,9-10H2,1-2H3. The number of hydrogen-bond acceptors (Lipinski definition) is 3. The van der Waals surface area contributed by atoms with Crippen LogP contribution in [0.1, 0.15) is 31.7 Å². The van der Waals surface area contributed by atoms with Crippen LogP contribution in [0.2, 0.25) is 5.02 Å². The van der Waals surface area contributed by atoms with E-state index in [1.54, 1.807) is 13.2 Å². The van der Waals surface area contributed by atoms with E-state index in [2.05, 4.69) is 11.8 Å². The lowest BCUT2D eigenvalue weighted by Gasteiger charge is -2.32. The number of rotatable bonds is 4. The van der Waals surface area contributed by atoms with Crippen LogP contribution in [0.5, 0.6) is 11.5 Å². The van der Waals surface area contributed by atoms with Gasteiger partial charge in [0.2, 0.25) is 0 Å². The van der Waals surface area contributed by atoms with Crippen molar-refractivity contribution in [2.24, 2.45) is 5.92 Å². The summed E-state index contributed by atoms with van der Waals surface area (Å²) in [6.07, 6.45) is 3.77. The van der Waals surface area contributed by atoms with Gasteiger partial charge < -0.3 is 9.84 Å². The maximum absolute atomic E-state index is 10.2. The number of phenolic OH excluding ortho intramolecular Hbond substituents is 1. The first-order chi connectivity index (χ1) is 9.13. The van der Waals surface area contributed by atoms with Crippen molar-refractivity contribution in [1.29, 1.82) is 0 Å². The largest absolute Gasteiger partial charge is 0.504 e. The highest BCUT2D eigenvalue weighted by molar-refractivity contribution is 6.30. The van der Waals surface area contributed by atoms with Crippen LogP contribution in [0, 0.1) is 5.92 Å². The molecule has 0 spiro atoms. The highest BCUT2D eigenvalue weighted by Crippen LogP contribution is 2.34. The van der Waals surface area contributed by atoms with Crippen molar-refractivity contribution in [1.82, 2.24) is 4.90 Å². The Bertz CT molecular complexity index is 436. The lowest BCUT2D eigenvalue weighted by Crippen LogP contribution is -2.34. The smallest absolute Gasteiger partial charge is 0.162 e. The molecule has 1 aromatic rings. The molecule has 1 aliphatic rings. The summed E-state index contributed by atoms with van der Waals surface area (Å²) in [6, 6.07) is 3.47. The van der Waals surface area contributed by atoms with Gasteiger partial charge in [-0.1, -0.05) is 24.9 Å². The first kappa shape index (κ1) is 14.5. The van der Waals surface area contributed by atoms with Gasteiger partial charge in [0, 0.05) is 29.7 Å². The maximum Gasteiger partial charge on any atom is 0.162 e. The van der Waals surface area contributed by atoms with Crippen LogP contribution >= 0.6 is 11.6 Å². The highest BCUT2D eigenvalue weighted by Gasteiger charge is 2.20. The van der Waals surface area contributed by atoms with Gasteiger partial charge in [0.05, 0.1) is 7.11 Å². The van der Waals surface area contributed by atoms with E-state index in [4.69, 9.17) is 16.3 Å². The van der Waals surface area contributed by atoms with Gasteiger partial charge in [0.1, 0.15) is 0 Å². The van der Waals surface area contributed by atoms with Crippen LogP contribution in [0.4, 0.5) is 0 Å². The predicted molar refractivity (Wildman–Crippen MR) is 78.0 cm³/mol. The van der Waals surface area contributed by atoms with Gasteiger partial charge >= 0.3 is 0 Å². The Morgan fingerprint density at radius 2 is 2.26 bits per heavy atom. The van der Waals surface area contributed by atoms with Gasteiger partial charge in [-0.25, -0.2) is 0 Å². The lowest BCUT2D eigenvalue weighted by atomic mass is 9.95. The molecule has 1 saturated heterocycles. The number of nitrogens with zero attached hydrogens (tertiary/aromatic N) is 1. The van der Waals surface area contributed by atoms with E-state index in [9.17, 15) is 5.11 Å². The van der Waals surface area contributed by atoms with E-state index >= 15 is 0 Å². The molecule has 2 rings (SSSR count). The molecular formula is C15H22ClNO2. The monoisotopic (exact) mass is 283 g/mol. The number of phenols is 1. The molecule has 19 heavy (non-hydrogen) atoms. The number of hydrogen-bond donors (Lipinski definition) is 1. The summed E-state index contributed by atoms with van der Waals surface area (Å²) in [5.74, 6) is 1.44. The van der Waals surface area contributed by atoms with E-state index in [1.807, 2.05) is 6.07 Å². The second kappa shape index (κ2) is 6.49. The number of methoxy groups -OCH3 is 1. The summed E-state index contributed by atoms with van der Waals surface area (Å²) >= 11 is 6.06. The quantitative estimate of drug-likeness (QED) is 0.915. The molecule has 1 atom stereocenters. The van der Waals surface area contributed by atoms with Crippen LogP contribution in [0.25, 0.3) is 0 Å².